The van der Waals surface area contributed by atoms with E-state index in [1.54, 1.807) is 7.11 Å². The van der Waals surface area contributed by atoms with E-state index < -0.39 is 0 Å². The number of halogens is 1. The van der Waals surface area contributed by atoms with Crippen LogP contribution in [0.5, 0.6) is 5.75 Å². The summed E-state index contributed by atoms with van der Waals surface area (Å²) in [6.07, 6.45) is 3.76. The standard InChI is InChI=1S/C14H18BrN3O/c1-10(2)18-9-16-7-13(18)8-17-12-4-11(15)5-14(6-12)19-3/h4-7,9-10,17H,8H2,1-3H3. The fourth-order valence-electron chi connectivity index (χ4n) is 1.91. The van der Waals surface area contributed by atoms with E-state index >= 15 is 0 Å². The maximum absolute atomic E-state index is 5.25. The van der Waals surface area contributed by atoms with E-state index in [1.165, 1.54) is 0 Å². The molecule has 0 aliphatic heterocycles. The molecule has 0 saturated carbocycles. The summed E-state index contributed by atoms with van der Waals surface area (Å²) in [5, 5.41) is 3.39. The molecule has 2 aromatic rings. The lowest BCUT2D eigenvalue weighted by Crippen LogP contribution is -2.08. The molecule has 0 atom stereocenters. The average Bonchev–Trinajstić information content (AvgIpc) is 2.84. The summed E-state index contributed by atoms with van der Waals surface area (Å²) in [5.74, 6) is 0.828. The van der Waals surface area contributed by atoms with Gasteiger partial charge >= 0.3 is 0 Å². The molecule has 0 amide bonds. The van der Waals surface area contributed by atoms with E-state index in [9.17, 15) is 0 Å². The summed E-state index contributed by atoms with van der Waals surface area (Å²) in [5.41, 5.74) is 2.18. The van der Waals surface area contributed by atoms with E-state index in [0.717, 1.165) is 28.1 Å². The van der Waals surface area contributed by atoms with Gasteiger partial charge in [-0.05, 0) is 26.0 Å². The van der Waals surface area contributed by atoms with Gasteiger partial charge in [0.2, 0.25) is 0 Å². The number of ether oxygens (including phenoxy) is 1. The zero-order valence-electron chi connectivity index (χ0n) is 11.4. The molecule has 1 aromatic heterocycles. The summed E-state index contributed by atoms with van der Waals surface area (Å²) in [7, 11) is 1.67. The largest absolute Gasteiger partial charge is 0.497 e. The number of rotatable bonds is 5. The molecule has 0 spiro atoms. The highest BCUT2D eigenvalue weighted by Gasteiger charge is 2.05. The Morgan fingerprint density at radius 3 is 2.84 bits per heavy atom. The molecule has 0 saturated heterocycles. The molecule has 19 heavy (non-hydrogen) atoms. The SMILES string of the molecule is COc1cc(Br)cc(NCc2cncn2C(C)C)c1. The van der Waals surface area contributed by atoms with Crippen LogP contribution in [0.4, 0.5) is 5.69 Å². The van der Waals surface area contributed by atoms with Crippen molar-refractivity contribution >= 4 is 21.6 Å². The second-order valence-corrected chi connectivity index (χ2v) is 5.53. The van der Waals surface area contributed by atoms with Crippen molar-refractivity contribution in [1.29, 1.82) is 0 Å². The number of anilines is 1. The third-order valence-corrected chi connectivity index (χ3v) is 3.34. The first kappa shape index (κ1) is 13.9. The molecule has 0 aliphatic carbocycles. The van der Waals surface area contributed by atoms with Gasteiger partial charge in [0.25, 0.3) is 0 Å². The van der Waals surface area contributed by atoms with Gasteiger partial charge in [0, 0.05) is 28.5 Å². The minimum Gasteiger partial charge on any atom is -0.497 e. The second-order valence-electron chi connectivity index (χ2n) is 4.62. The van der Waals surface area contributed by atoms with Crippen LogP contribution in [-0.2, 0) is 6.54 Å². The van der Waals surface area contributed by atoms with Crippen LogP contribution in [0.2, 0.25) is 0 Å². The minimum atomic E-state index is 0.413. The van der Waals surface area contributed by atoms with Crippen LogP contribution in [0.1, 0.15) is 25.6 Å². The van der Waals surface area contributed by atoms with Crippen LogP contribution < -0.4 is 10.1 Å². The zero-order valence-corrected chi connectivity index (χ0v) is 12.9. The fourth-order valence-corrected chi connectivity index (χ4v) is 2.38. The van der Waals surface area contributed by atoms with Crippen molar-refractivity contribution < 1.29 is 4.74 Å². The fraction of sp³-hybridized carbons (Fsp3) is 0.357. The van der Waals surface area contributed by atoms with Gasteiger partial charge in [0.05, 0.1) is 25.7 Å². The molecule has 0 aliphatic rings. The quantitative estimate of drug-likeness (QED) is 0.908. The zero-order chi connectivity index (χ0) is 13.8. The monoisotopic (exact) mass is 323 g/mol. The highest BCUT2D eigenvalue weighted by molar-refractivity contribution is 9.10. The first-order valence-corrected chi connectivity index (χ1v) is 6.98. The van der Waals surface area contributed by atoms with Crippen LogP contribution in [0.15, 0.2) is 35.2 Å². The average molecular weight is 324 g/mol. The van der Waals surface area contributed by atoms with Gasteiger partial charge in [-0.1, -0.05) is 15.9 Å². The highest BCUT2D eigenvalue weighted by atomic mass is 79.9. The van der Waals surface area contributed by atoms with Crippen molar-refractivity contribution in [2.45, 2.75) is 26.4 Å². The molecular formula is C14H18BrN3O. The van der Waals surface area contributed by atoms with Gasteiger partial charge in [0.1, 0.15) is 5.75 Å². The van der Waals surface area contributed by atoms with E-state index in [4.69, 9.17) is 4.74 Å². The molecule has 4 nitrogen and oxygen atoms in total. The number of imidazole rings is 1. The summed E-state index contributed by atoms with van der Waals surface area (Å²) in [6, 6.07) is 6.35. The van der Waals surface area contributed by atoms with E-state index in [0.29, 0.717) is 6.04 Å². The molecule has 1 aromatic carbocycles. The predicted octanol–water partition coefficient (Wildman–Crippen LogP) is 3.85. The van der Waals surface area contributed by atoms with Crippen LogP contribution >= 0.6 is 15.9 Å². The maximum atomic E-state index is 5.25. The number of hydrogen-bond donors (Lipinski definition) is 1. The number of hydrogen-bond acceptors (Lipinski definition) is 3. The van der Waals surface area contributed by atoms with Gasteiger partial charge in [-0.25, -0.2) is 4.98 Å². The van der Waals surface area contributed by atoms with E-state index in [1.807, 2.05) is 30.7 Å². The van der Waals surface area contributed by atoms with Crippen LogP contribution in [0.3, 0.4) is 0 Å². The van der Waals surface area contributed by atoms with Crippen molar-refractivity contribution in [1.82, 2.24) is 9.55 Å². The van der Waals surface area contributed by atoms with Crippen molar-refractivity contribution in [3.63, 3.8) is 0 Å². The van der Waals surface area contributed by atoms with Crippen molar-refractivity contribution in [2.75, 3.05) is 12.4 Å². The molecule has 0 fully saturated rings. The molecule has 5 heteroatoms. The Bertz CT molecular complexity index is 551. The lowest BCUT2D eigenvalue weighted by Gasteiger charge is -2.13. The lowest BCUT2D eigenvalue weighted by atomic mass is 10.3. The van der Waals surface area contributed by atoms with E-state index in [2.05, 4.69) is 44.6 Å². The molecule has 0 radical (unpaired) electrons. The van der Waals surface area contributed by atoms with Crippen molar-refractivity contribution in [2.24, 2.45) is 0 Å². The molecule has 0 unspecified atom stereocenters. The summed E-state index contributed by atoms with van der Waals surface area (Å²) in [6.45, 7) is 5.03. The molecular weight excluding hydrogens is 306 g/mol. The van der Waals surface area contributed by atoms with Crippen molar-refractivity contribution in [3.05, 3.63) is 40.9 Å². The number of benzene rings is 1. The molecule has 1 heterocycles. The Labute approximate surface area is 121 Å². The number of nitrogens with one attached hydrogen (secondary N) is 1. The first-order valence-electron chi connectivity index (χ1n) is 6.19. The Balaban J connectivity index is 2.10. The lowest BCUT2D eigenvalue weighted by molar-refractivity contribution is 0.414. The Morgan fingerprint density at radius 1 is 1.37 bits per heavy atom. The van der Waals surface area contributed by atoms with Gasteiger partial charge in [-0.3, -0.25) is 0 Å². The van der Waals surface area contributed by atoms with Crippen LogP contribution in [0, 0.1) is 0 Å². The minimum absolute atomic E-state index is 0.413. The summed E-state index contributed by atoms with van der Waals surface area (Å²) in [4.78, 5) is 4.20. The number of methoxy groups -OCH3 is 1. The normalized spacial score (nSPS) is 10.8. The smallest absolute Gasteiger partial charge is 0.122 e. The third-order valence-electron chi connectivity index (χ3n) is 2.88. The molecule has 0 bridgehead atoms. The number of aromatic nitrogens is 2. The van der Waals surface area contributed by atoms with Crippen LogP contribution in [-0.4, -0.2) is 16.7 Å². The second kappa shape index (κ2) is 6.10. The molecule has 1 N–H and O–H groups in total. The Hall–Kier alpha value is -1.49. The first-order chi connectivity index (χ1) is 9.10. The summed E-state index contributed by atoms with van der Waals surface area (Å²) < 4.78 is 8.39. The van der Waals surface area contributed by atoms with E-state index in [-0.39, 0.29) is 0 Å². The molecule has 102 valence electrons. The van der Waals surface area contributed by atoms with Crippen molar-refractivity contribution in [3.8, 4) is 5.75 Å². The third kappa shape index (κ3) is 3.50. The van der Waals surface area contributed by atoms with Gasteiger partial charge in [-0.15, -0.1) is 0 Å². The number of nitrogens with zero attached hydrogens (tertiary/aromatic N) is 2. The van der Waals surface area contributed by atoms with Gasteiger partial charge in [-0.2, -0.15) is 0 Å². The topological polar surface area (TPSA) is 39.1 Å². The van der Waals surface area contributed by atoms with Crippen LogP contribution in [0.25, 0.3) is 0 Å². The van der Waals surface area contributed by atoms with Gasteiger partial charge in [0.15, 0.2) is 0 Å². The molecule has 2 rings (SSSR count). The summed E-state index contributed by atoms with van der Waals surface area (Å²) >= 11 is 3.47. The highest BCUT2D eigenvalue weighted by Crippen LogP contribution is 2.25. The van der Waals surface area contributed by atoms with Gasteiger partial charge < -0.3 is 14.6 Å². The maximum Gasteiger partial charge on any atom is 0.122 e. The Kier molecular flexibility index (Phi) is 4.47. The Morgan fingerprint density at radius 2 is 2.16 bits per heavy atom. The predicted molar refractivity (Wildman–Crippen MR) is 80.6 cm³/mol.